The van der Waals surface area contributed by atoms with Gasteiger partial charge in [0.25, 0.3) is 0 Å². The second kappa shape index (κ2) is 5.26. The fraction of sp³-hybridized carbons (Fsp3) is 0.462. The van der Waals surface area contributed by atoms with Gasteiger partial charge < -0.3 is 9.67 Å². The molecule has 1 unspecified atom stereocenters. The Bertz CT molecular complexity index is 550. The van der Waals surface area contributed by atoms with Crippen LogP contribution in [0.2, 0.25) is 5.02 Å². The molecule has 1 aromatic carbocycles. The van der Waals surface area contributed by atoms with E-state index in [0.29, 0.717) is 11.6 Å². The number of rotatable bonds is 4. The number of aliphatic hydroxyl groups is 1. The van der Waals surface area contributed by atoms with Crippen LogP contribution in [0, 0.1) is 0 Å². The molecule has 0 amide bonds. The first kappa shape index (κ1) is 13.3. The molecule has 0 fully saturated rings. The zero-order valence-corrected chi connectivity index (χ0v) is 11.6. The van der Waals surface area contributed by atoms with Gasteiger partial charge in [-0.25, -0.2) is 4.98 Å². The van der Waals surface area contributed by atoms with Gasteiger partial charge in [0.2, 0.25) is 0 Å². The van der Waals surface area contributed by atoms with Gasteiger partial charge in [-0.3, -0.25) is 4.90 Å². The first-order chi connectivity index (χ1) is 8.54. The lowest BCUT2D eigenvalue weighted by molar-refractivity contribution is 0.262. The quantitative estimate of drug-likeness (QED) is 0.924. The van der Waals surface area contributed by atoms with Crippen molar-refractivity contribution in [2.75, 3.05) is 20.7 Å². The molecule has 1 aromatic heterocycles. The Morgan fingerprint density at radius 1 is 1.44 bits per heavy atom. The Kier molecular flexibility index (Phi) is 3.90. The molecule has 4 nitrogen and oxygen atoms in total. The van der Waals surface area contributed by atoms with Gasteiger partial charge in [0.15, 0.2) is 0 Å². The first-order valence-corrected chi connectivity index (χ1v) is 6.35. The summed E-state index contributed by atoms with van der Waals surface area (Å²) in [5, 5.41) is 9.89. The monoisotopic (exact) mass is 267 g/mol. The maximum absolute atomic E-state index is 9.21. The highest BCUT2D eigenvalue weighted by atomic mass is 35.5. The Morgan fingerprint density at radius 3 is 2.78 bits per heavy atom. The van der Waals surface area contributed by atoms with Crippen molar-refractivity contribution < 1.29 is 5.11 Å². The summed E-state index contributed by atoms with van der Waals surface area (Å²) >= 11 is 5.99. The minimum Gasteiger partial charge on any atom is -0.395 e. The summed E-state index contributed by atoms with van der Waals surface area (Å²) < 4.78 is 2.05. The second-order valence-corrected chi connectivity index (χ2v) is 5.05. The van der Waals surface area contributed by atoms with Crippen LogP contribution in [-0.4, -0.2) is 40.3 Å². The van der Waals surface area contributed by atoms with Crippen LogP contribution >= 0.6 is 11.6 Å². The molecular weight excluding hydrogens is 250 g/mol. The molecule has 0 saturated heterocycles. The molecule has 0 aliphatic carbocycles. The minimum atomic E-state index is 0.0984. The van der Waals surface area contributed by atoms with Crippen molar-refractivity contribution in [2.45, 2.75) is 19.5 Å². The molecule has 5 heteroatoms. The zero-order chi connectivity index (χ0) is 13.3. The van der Waals surface area contributed by atoms with Crippen LogP contribution in [0.4, 0.5) is 0 Å². The molecule has 0 aliphatic heterocycles. The number of aromatic nitrogens is 2. The molecule has 0 bridgehead atoms. The predicted molar refractivity (Wildman–Crippen MR) is 73.9 cm³/mol. The van der Waals surface area contributed by atoms with Crippen LogP contribution in [0.25, 0.3) is 11.0 Å². The fourth-order valence-corrected chi connectivity index (χ4v) is 2.17. The van der Waals surface area contributed by atoms with Crippen LogP contribution in [0.5, 0.6) is 0 Å². The molecule has 2 rings (SSSR count). The van der Waals surface area contributed by atoms with Crippen LogP contribution < -0.4 is 0 Å². The molecule has 0 aliphatic rings. The summed E-state index contributed by atoms with van der Waals surface area (Å²) in [7, 11) is 4.03. The molecular formula is C13H18ClN3O. The number of hydrogen-bond donors (Lipinski definition) is 1. The number of halogens is 1. The minimum absolute atomic E-state index is 0.0984. The third-order valence-electron chi connectivity index (χ3n) is 3.21. The van der Waals surface area contributed by atoms with Crippen LogP contribution in [0.3, 0.4) is 0 Å². The largest absolute Gasteiger partial charge is 0.395 e. The lowest BCUT2D eigenvalue weighted by atomic mass is 10.3. The standard InChI is InChI=1S/C13H18ClN3O/c1-9(16(2)3)13-15-11-8-10(14)4-5-12(11)17(13)6-7-18/h4-5,8-9,18H,6-7H2,1-3H3. The lowest BCUT2D eigenvalue weighted by Gasteiger charge is -2.20. The van der Waals surface area contributed by atoms with E-state index in [0.717, 1.165) is 16.9 Å². The van der Waals surface area contributed by atoms with Crippen molar-refractivity contribution in [3.63, 3.8) is 0 Å². The zero-order valence-electron chi connectivity index (χ0n) is 10.9. The molecule has 0 spiro atoms. The first-order valence-electron chi connectivity index (χ1n) is 5.97. The topological polar surface area (TPSA) is 41.3 Å². The van der Waals surface area contributed by atoms with Crippen molar-refractivity contribution in [3.05, 3.63) is 29.0 Å². The van der Waals surface area contributed by atoms with Gasteiger partial charge in [0.1, 0.15) is 5.82 Å². The van der Waals surface area contributed by atoms with Crippen molar-refractivity contribution in [1.82, 2.24) is 14.5 Å². The molecule has 2 aromatic rings. The molecule has 18 heavy (non-hydrogen) atoms. The van der Waals surface area contributed by atoms with Gasteiger partial charge in [0, 0.05) is 11.6 Å². The van der Waals surface area contributed by atoms with E-state index in [1.807, 2.05) is 32.3 Å². The average Bonchev–Trinajstić information content (AvgIpc) is 2.66. The number of benzene rings is 1. The van der Waals surface area contributed by atoms with Gasteiger partial charge in [-0.15, -0.1) is 0 Å². The highest BCUT2D eigenvalue weighted by Gasteiger charge is 2.17. The molecule has 0 radical (unpaired) electrons. The van der Waals surface area contributed by atoms with E-state index in [1.54, 1.807) is 0 Å². The molecule has 0 saturated carbocycles. The van der Waals surface area contributed by atoms with E-state index >= 15 is 0 Å². The van der Waals surface area contributed by atoms with Gasteiger partial charge in [-0.2, -0.15) is 0 Å². The normalized spacial score (nSPS) is 13.4. The van der Waals surface area contributed by atoms with Gasteiger partial charge in [0.05, 0.1) is 23.7 Å². The Balaban J connectivity index is 2.60. The van der Waals surface area contributed by atoms with E-state index in [4.69, 9.17) is 11.6 Å². The number of aliphatic hydroxyl groups excluding tert-OH is 1. The summed E-state index contributed by atoms with van der Waals surface area (Å²) in [6.07, 6.45) is 0. The van der Waals surface area contributed by atoms with E-state index in [2.05, 4.69) is 21.4 Å². The summed E-state index contributed by atoms with van der Waals surface area (Å²) in [6.45, 7) is 2.74. The Morgan fingerprint density at radius 2 is 2.17 bits per heavy atom. The maximum Gasteiger partial charge on any atom is 0.127 e. The fourth-order valence-electron chi connectivity index (χ4n) is 2.01. The summed E-state index contributed by atoms with van der Waals surface area (Å²) in [4.78, 5) is 6.73. The highest BCUT2D eigenvalue weighted by Crippen LogP contribution is 2.25. The van der Waals surface area contributed by atoms with Crippen LogP contribution in [0.1, 0.15) is 18.8 Å². The van der Waals surface area contributed by atoms with Crippen molar-refractivity contribution in [3.8, 4) is 0 Å². The van der Waals surface area contributed by atoms with Crippen molar-refractivity contribution in [2.24, 2.45) is 0 Å². The molecule has 1 N–H and O–H groups in total. The Hall–Kier alpha value is -1.10. The van der Waals surface area contributed by atoms with Gasteiger partial charge in [-0.05, 0) is 39.2 Å². The second-order valence-electron chi connectivity index (χ2n) is 4.62. The van der Waals surface area contributed by atoms with Gasteiger partial charge >= 0.3 is 0 Å². The van der Waals surface area contributed by atoms with E-state index < -0.39 is 0 Å². The van der Waals surface area contributed by atoms with E-state index in [9.17, 15) is 5.11 Å². The SMILES string of the molecule is CC(c1nc2cc(Cl)ccc2n1CCO)N(C)C. The summed E-state index contributed by atoms with van der Waals surface area (Å²) in [5.41, 5.74) is 1.89. The van der Waals surface area contributed by atoms with Crippen LogP contribution in [0.15, 0.2) is 18.2 Å². The number of nitrogens with zero attached hydrogens (tertiary/aromatic N) is 3. The number of fused-ring (bicyclic) bond motifs is 1. The molecule has 1 atom stereocenters. The average molecular weight is 268 g/mol. The van der Waals surface area contributed by atoms with E-state index in [1.165, 1.54) is 0 Å². The maximum atomic E-state index is 9.21. The third-order valence-corrected chi connectivity index (χ3v) is 3.45. The molecule has 1 heterocycles. The summed E-state index contributed by atoms with van der Waals surface area (Å²) in [6, 6.07) is 5.84. The number of hydrogen-bond acceptors (Lipinski definition) is 3. The third kappa shape index (κ3) is 2.36. The van der Waals surface area contributed by atoms with Crippen LogP contribution in [-0.2, 0) is 6.54 Å². The van der Waals surface area contributed by atoms with E-state index in [-0.39, 0.29) is 12.6 Å². The predicted octanol–water partition coefficient (Wildman–Crippen LogP) is 2.30. The lowest BCUT2D eigenvalue weighted by Crippen LogP contribution is -2.21. The van der Waals surface area contributed by atoms with Gasteiger partial charge in [-0.1, -0.05) is 11.6 Å². The van der Waals surface area contributed by atoms with Crippen molar-refractivity contribution >= 4 is 22.6 Å². The number of imidazole rings is 1. The summed E-state index contributed by atoms with van der Waals surface area (Å²) in [5.74, 6) is 0.950. The smallest absolute Gasteiger partial charge is 0.127 e. The highest BCUT2D eigenvalue weighted by molar-refractivity contribution is 6.31. The molecule has 98 valence electrons. The van der Waals surface area contributed by atoms with Crippen molar-refractivity contribution in [1.29, 1.82) is 0 Å². The Labute approximate surface area is 112 Å².